The fourth-order valence-electron chi connectivity index (χ4n) is 7.90. The lowest BCUT2D eigenvalue weighted by molar-refractivity contribution is 0.286. The van der Waals surface area contributed by atoms with E-state index in [1.807, 2.05) is 34.5 Å². The molecule has 0 N–H and O–H groups in total. The minimum Gasteiger partial charge on any atom is -0.368 e. The highest BCUT2D eigenvalue weighted by Gasteiger charge is 2.42. The molecule has 3 unspecified atom stereocenters. The van der Waals surface area contributed by atoms with Gasteiger partial charge < -0.3 is 9.80 Å². The van der Waals surface area contributed by atoms with Crippen LogP contribution in [0.3, 0.4) is 0 Å². The summed E-state index contributed by atoms with van der Waals surface area (Å²) in [6.45, 7) is 13.4. The summed E-state index contributed by atoms with van der Waals surface area (Å²) in [7, 11) is 0. The molecule has 4 aromatic rings. The summed E-state index contributed by atoms with van der Waals surface area (Å²) in [5.74, 6) is 1.53. The fourth-order valence-corrected chi connectivity index (χ4v) is 8.51. The number of halogens is 2. The number of aryl methyl sites for hydroxylation is 1. The Balaban J connectivity index is 0.911. The first-order valence-electron chi connectivity index (χ1n) is 17.6. The van der Waals surface area contributed by atoms with Crippen molar-refractivity contribution in [1.29, 1.82) is 0 Å². The van der Waals surface area contributed by atoms with Crippen molar-refractivity contribution in [3.63, 3.8) is 0 Å². The van der Waals surface area contributed by atoms with Gasteiger partial charge in [0.25, 0.3) is 0 Å². The van der Waals surface area contributed by atoms with Crippen molar-refractivity contribution >= 4 is 46.6 Å². The molecule has 1 saturated heterocycles. The number of hydrazone groups is 1. The van der Waals surface area contributed by atoms with Crippen molar-refractivity contribution < 1.29 is 0 Å². The van der Waals surface area contributed by atoms with Crippen LogP contribution < -0.4 is 14.7 Å². The molecule has 3 aromatic carbocycles. The maximum absolute atomic E-state index is 6.78. The smallest absolute Gasteiger partial charge is 0.137 e. The number of anilines is 3. The van der Waals surface area contributed by atoms with Gasteiger partial charge in [0.2, 0.25) is 0 Å². The summed E-state index contributed by atoms with van der Waals surface area (Å²) in [5, 5.41) is 12.4. The molecule has 0 bridgehead atoms. The Kier molecular flexibility index (Phi) is 9.88. The Hall–Kier alpha value is -4.01. The first-order valence-corrected chi connectivity index (χ1v) is 18.4. The Morgan fingerprint density at radius 3 is 2.22 bits per heavy atom. The van der Waals surface area contributed by atoms with Crippen molar-refractivity contribution in [2.24, 2.45) is 11.0 Å². The van der Waals surface area contributed by atoms with Crippen molar-refractivity contribution in [3.8, 4) is 0 Å². The third-order valence-corrected chi connectivity index (χ3v) is 11.4. The molecule has 8 nitrogen and oxygen atoms in total. The summed E-state index contributed by atoms with van der Waals surface area (Å²) in [6.07, 6.45) is 11.9. The highest BCUT2D eigenvalue weighted by molar-refractivity contribution is 6.35. The van der Waals surface area contributed by atoms with Gasteiger partial charge in [0.15, 0.2) is 0 Å². The number of nitrogens with zero attached hydrogens (tertiary/aromatic N) is 8. The minimum absolute atomic E-state index is 0.0685. The van der Waals surface area contributed by atoms with Crippen molar-refractivity contribution in [1.82, 2.24) is 19.8 Å². The molecule has 1 aliphatic carbocycles. The number of aromatic nitrogens is 3. The van der Waals surface area contributed by atoms with Crippen LogP contribution in [-0.4, -0.2) is 58.3 Å². The van der Waals surface area contributed by atoms with E-state index in [2.05, 4.69) is 105 Å². The van der Waals surface area contributed by atoms with Crippen LogP contribution in [0.2, 0.25) is 10.0 Å². The highest BCUT2D eigenvalue weighted by Crippen LogP contribution is 2.49. The number of hydrogen-bond acceptors (Lipinski definition) is 7. The lowest BCUT2D eigenvalue weighted by atomic mass is 9.77. The monoisotopic (exact) mass is 696 g/mol. The van der Waals surface area contributed by atoms with E-state index < -0.39 is 0 Å². The number of hydrogen-bond donors (Lipinski definition) is 0. The summed E-state index contributed by atoms with van der Waals surface area (Å²) in [4.78, 5) is 11.2. The fraction of sp³-hybridized carbons (Fsp3) is 0.410. The number of piperazine rings is 1. The zero-order valence-corrected chi connectivity index (χ0v) is 30.1. The molecule has 1 saturated carbocycles. The molecule has 3 atom stereocenters. The molecule has 3 heterocycles. The Labute approximate surface area is 300 Å². The van der Waals surface area contributed by atoms with Crippen molar-refractivity contribution in [2.45, 2.75) is 70.4 Å². The van der Waals surface area contributed by atoms with Gasteiger partial charge >= 0.3 is 0 Å². The van der Waals surface area contributed by atoms with Crippen LogP contribution >= 0.6 is 23.2 Å². The average molecular weight is 698 g/mol. The maximum atomic E-state index is 6.78. The standard InChI is InChI=1S/C39H46Cl2N8/c1-4-29(2)49-30(3)48(28-44-49)36-14-12-35(13-15-36)46-21-19-45(20-22-46)34-10-7-31(8-11-34)5-6-32-17-18-39(24-32,25-47-27-42-26-43-47)37-16-9-33(40)23-38(37)41/h7-16,23,26-29,32H,3-6,17-22,24-25H2,1-2H3. The molecule has 2 aliphatic heterocycles. The van der Waals surface area contributed by atoms with Gasteiger partial charge in [-0.25, -0.2) is 9.99 Å². The van der Waals surface area contributed by atoms with Crippen LogP contribution in [0, 0.1) is 5.92 Å². The van der Waals surface area contributed by atoms with E-state index in [-0.39, 0.29) is 5.41 Å². The molecule has 49 heavy (non-hydrogen) atoms. The first-order chi connectivity index (χ1) is 23.8. The molecule has 10 heteroatoms. The second-order valence-electron chi connectivity index (χ2n) is 13.9. The molecule has 0 radical (unpaired) electrons. The molecule has 1 aromatic heterocycles. The maximum Gasteiger partial charge on any atom is 0.137 e. The second-order valence-corrected chi connectivity index (χ2v) is 14.8. The van der Waals surface area contributed by atoms with Crippen LogP contribution in [0.15, 0.2) is 96.9 Å². The topological polar surface area (TPSA) is 56.0 Å². The molecule has 0 spiro atoms. The highest BCUT2D eigenvalue weighted by atomic mass is 35.5. The first kappa shape index (κ1) is 33.5. The third-order valence-electron chi connectivity index (χ3n) is 10.9. The quantitative estimate of drug-likeness (QED) is 0.157. The van der Waals surface area contributed by atoms with Gasteiger partial charge in [0.1, 0.15) is 24.8 Å². The molecule has 0 amide bonds. The SMILES string of the molecule is C=C1N(c2ccc(N3CCN(c4ccc(CCC5CCC(Cn6cncn6)(c6ccc(Cl)cc6Cl)C5)cc4)CC3)cc2)C=NN1C(C)CC. The van der Waals surface area contributed by atoms with E-state index in [1.54, 1.807) is 6.33 Å². The average Bonchev–Trinajstić information content (AvgIpc) is 3.88. The van der Waals surface area contributed by atoms with Gasteiger partial charge in [0, 0.05) is 58.7 Å². The predicted octanol–water partition coefficient (Wildman–Crippen LogP) is 8.62. The number of rotatable bonds is 11. The van der Waals surface area contributed by atoms with Gasteiger partial charge in [-0.3, -0.25) is 9.58 Å². The van der Waals surface area contributed by atoms with Gasteiger partial charge in [-0.2, -0.15) is 10.2 Å². The third kappa shape index (κ3) is 7.17. The molecular weight excluding hydrogens is 651 g/mol. The van der Waals surface area contributed by atoms with Gasteiger partial charge in [-0.15, -0.1) is 0 Å². The normalized spacial score (nSPS) is 21.6. The Morgan fingerprint density at radius 1 is 0.918 bits per heavy atom. The Morgan fingerprint density at radius 2 is 1.59 bits per heavy atom. The van der Waals surface area contributed by atoms with Gasteiger partial charge in [-0.1, -0.05) is 54.9 Å². The van der Waals surface area contributed by atoms with Crippen LogP contribution in [-0.2, 0) is 18.4 Å². The molecule has 3 aliphatic rings. The van der Waals surface area contributed by atoms with Crippen LogP contribution in [0.4, 0.5) is 17.1 Å². The van der Waals surface area contributed by atoms with Gasteiger partial charge in [0.05, 0.1) is 12.6 Å². The lowest BCUT2D eigenvalue weighted by Gasteiger charge is -2.37. The molecular formula is C39H46Cl2N8. The van der Waals surface area contributed by atoms with Crippen LogP contribution in [0.1, 0.15) is 57.1 Å². The van der Waals surface area contributed by atoms with E-state index in [1.165, 1.54) is 28.9 Å². The van der Waals surface area contributed by atoms with Gasteiger partial charge in [-0.05, 0) is 111 Å². The predicted molar refractivity (Wildman–Crippen MR) is 203 cm³/mol. The van der Waals surface area contributed by atoms with E-state index in [0.717, 1.165) is 81.4 Å². The summed E-state index contributed by atoms with van der Waals surface area (Å²) in [5.41, 5.74) is 6.16. The van der Waals surface area contributed by atoms with E-state index in [9.17, 15) is 0 Å². The minimum atomic E-state index is -0.0685. The zero-order chi connectivity index (χ0) is 34.0. The zero-order valence-electron chi connectivity index (χ0n) is 28.6. The van der Waals surface area contributed by atoms with E-state index in [4.69, 9.17) is 23.2 Å². The summed E-state index contributed by atoms with van der Waals surface area (Å²) in [6, 6.07) is 24.3. The molecule has 256 valence electrons. The van der Waals surface area contributed by atoms with E-state index >= 15 is 0 Å². The van der Waals surface area contributed by atoms with Crippen LogP contribution in [0.5, 0.6) is 0 Å². The molecule has 7 rings (SSSR count). The van der Waals surface area contributed by atoms with Crippen LogP contribution in [0.25, 0.3) is 0 Å². The summed E-state index contributed by atoms with van der Waals surface area (Å²) < 4.78 is 1.95. The van der Waals surface area contributed by atoms with E-state index in [0.29, 0.717) is 17.0 Å². The second kappa shape index (κ2) is 14.5. The summed E-state index contributed by atoms with van der Waals surface area (Å²) >= 11 is 13.0. The molecule has 2 fully saturated rings. The Bertz CT molecular complexity index is 1750. The number of benzene rings is 3. The van der Waals surface area contributed by atoms with Crippen molar-refractivity contribution in [2.75, 3.05) is 40.9 Å². The van der Waals surface area contributed by atoms with Crippen molar-refractivity contribution in [3.05, 3.63) is 113 Å². The lowest BCUT2D eigenvalue weighted by Crippen LogP contribution is -2.46. The largest absolute Gasteiger partial charge is 0.368 e.